The normalized spacial score (nSPS) is 15.3. The molecule has 0 aliphatic heterocycles. The van der Waals surface area contributed by atoms with Crippen LogP contribution in [-0.4, -0.2) is 17.3 Å². The highest BCUT2D eigenvalue weighted by molar-refractivity contribution is 9.11. The van der Waals surface area contributed by atoms with Gasteiger partial charge in [0.15, 0.2) is 0 Å². The van der Waals surface area contributed by atoms with Crippen molar-refractivity contribution < 1.29 is 5.11 Å². The van der Waals surface area contributed by atoms with Crippen molar-refractivity contribution >= 4 is 27.3 Å². The molecule has 1 aromatic heterocycles. The van der Waals surface area contributed by atoms with E-state index in [-0.39, 0.29) is 12.1 Å². The Balaban J connectivity index is 2.56. The number of aliphatic hydroxyl groups excluding tert-OH is 1. The molecule has 0 radical (unpaired) electrons. The molecule has 1 rings (SSSR count). The van der Waals surface area contributed by atoms with Crippen molar-refractivity contribution in [2.45, 2.75) is 39.3 Å². The second-order valence-electron chi connectivity index (χ2n) is 4.10. The molecule has 0 saturated heterocycles. The summed E-state index contributed by atoms with van der Waals surface area (Å²) >= 11 is 5.26. The smallest absolute Gasteiger partial charge is 0.0730 e. The van der Waals surface area contributed by atoms with E-state index in [0.717, 1.165) is 13.0 Å². The summed E-state index contributed by atoms with van der Waals surface area (Å²) in [6.07, 6.45) is 0.926. The number of thiophene rings is 1. The number of aryl methyl sites for hydroxylation is 1. The largest absolute Gasteiger partial charge is 0.394 e. The van der Waals surface area contributed by atoms with Crippen LogP contribution in [0.2, 0.25) is 0 Å². The van der Waals surface area contributed by atoms with Gasteiger partial charge in [-0.05, 0) is 47.8 Å². The van der Waals surface area contributed by atoms with E-state index in [9.17, 15) is 5.11 Å². The summed E-state index contributed by atoms with van der Waals surface area (Å²) in [4.78, 5) is 1.30. The summed E-state index contributed by atoms with van der Waals surface area (Å²) in [5.74, 6) is 0. The first-order valence-corrected chi connectivity index (χ1v) is 6.72. The fraction of sp³-hybridized carbons (Fsp3) is 0.636. The molecule has 0 spiro atoms. The molecule has 0 saturated carbocycles. The van der Waals surface area contributed by atoms with Gasteiger partial charge in [0.05, 0.1) is 10.4 Å². The molecule has 2 N–H and O–H groups in total. The lowest BCUT2D eigenvalue weighted by atomic mass is 10.0. The molecule has 2 nitrogen and oxygen atoms in total. The lowest BCUT2D eigenvalue weighted by Crippen LogP contribution is -2.44. The van der Waals surface area contributed by atoms with Crippen molar-refractivity contribution in [1.82, 2.24) is 5.32 Å². The van der Waals surface area contributed by atoms with Gasteiger partial charge < -0.3 is 10.4 Å². The minimum atomic E-state index is -0.162. The van der Waals surface area contributed by atoms with E-state index < -0.39 is 0 Å². The van der Waals surface area contributed by atoms with Gasteiger partial charge in [-0.3, -0.25) is 0 Å². The van der Waals surface area contributed by atoms with Crippen molar-refractivity contribution in [2.75, 3.05) is 6.61 Å². The lowest BCUT2D eigenvalue weighted by molar-refractivity contribution is 0.169. The molecule has 0 amide bonds. The molecule has 0 aromatic carbocycles. The Hall–Kier alpha value is 0.1000. The zero-order chi connectivity index (χ0) is 11.5. The van der Waals surface area contributed by atoms with Gasteiger partial charge in [0.25, 0.3) is 0 Å². The van der Waals surface area contributed by atoms with E-state index in [2.05, 4.69) is 41.2 Å². The molecule has 1 aromatic rings. The van der Waals surface area contributed by atoms with Gasteiger partial charge in [0.1, 0.15) is 0 Å². The molecular weight excluding hydrogens is 274 g/mol. The van der Waals surface area contributed by atoms with Crippen LogP contribution < -0.4 is 5.32 Å². The zero-order valence-corrected chi connectivity index (χ0v) is 11.8. The van der Waals surface area contributed by atoms with Crippen molar-refractivity contribution in [3.63, 3.8) is 0 Å². The monoisotopic (exact) mass is 291 g/mol. The van der Waals surface area contributed by atoms with Crippen LogP contribution in [-0.2, 0) is 6.54 Å². The Kier molecular flexibility index (Phi) is 4.77. The first-order chi connectivity index (χ1) is 7.00. The van der Waals surface area contributed by atoms with Gasteiger partial charge in [-0.25, -0.2) is 0 Å². The predicted octanol–water partition coefficient (Wildman–Crippen LogP) is 3.07. The number of aliphatic hydroxyl groups is 1. The summed E-state index contributed by atoms with van der Waals surface area (Å²) in [6.45, 7) is 7.22. The molecule has 0 bridgehead atoms. The summed E-state index contributed by atoms with van der Waals surface area (Å²) < 4.78 is 1.20. The first kappa shape index (κ1) is 13.2. The van der Waals surface area contributed by atoms with Crippen LogP contribution >= 0.6 is 27.3 Å². The SMILES string of the molecule is CCC(C)(CO)NCc1cc(C)c(Br)s1. The van der Waals surface area contributed by atoms with Crippen LogP contribution in [0.1, 0.15) is 30.7 Å². The second kappa shape index (κ2) is 5.43. The third-order valence-electron chi connectivity index (χ3n) is 2.73. The number of nitrogens with one attached hydrogen (secondary N) is 1. The van der Waals surface area contributed by atoms with Crippen LogP contribution in [0.15, 0.2) is 9.85 Å². The topological polar surface area (TPSA) is 32.3 Å². The summed E-state index contributed by atoms with van der Waals surface area (Å²) in [5.41, 5.74) is 1.11. The number of rotatable bonds is 5. The quantitative estimate of drug-likeness (QED) is 0.874. The number of halogens is 1. The highest BCUT2D eigenvalue weighted by Gasteiger charge is 2.19. The van der Waals surface area contributed by atoms with E-state index >= 15 is 0 Å². The minimum absolute atomic E-state index is 0.162. The molecule has 86 valence electrons. The van der Waals surface area contributed by atoms with Gasteiger partial charge in [-0.15, -0.1) is 11.3 Å². The number of hydrogen-bond acceptors (Lipinski definition) is 3. The van der Waals surface area contributed by atoms with E-state index in [0.29, 0.717) is 0 Å². The van der Waals surface area contributed by atoms with E-state index in [1.807, 2.05) is 6.92 Å². The Morgan fingerprint density at radius 3 is 2.67 bits per heavy atom. The maximum absolute atomic E-state index is 9.25. The van der Waals surface area contributed by atoms with Crippen LogP contribution in [0.25, 0.3) is 0 Å². The predicted molar refractivity (Wildman–Crippen MR) is 69.4 cm³/mol. The Morgan fingerprint density at radius 1 is 1.60 bits per heavy atom. The van der Waals surface area contributed by atoms with Crippen LogP contribution in [0.3, 0.4) is 0 Å². The van der Waals surface area contributed by atoms with Crippen LogP contribution in [0.4, 0.5) is 0 Å². The molecular formula is C11H18BrNOS. The van der Waals surface area contributed by atoms with Gasteiger partial charge in [-0.2, -0.15) is 0 Å². The molecule has 15 heavy (non-hydrogen) atoms. The third-order valence-corrected chi connectivity index (χ3v) is 4.86. The molecule has 1 atom stereocenters. The Labute approximate surface area is 104 Å². The molecule has 1 heterocycles. The highest BCUT2D eigenvalue weighted by Crippen LogP contribution is 2.27. The maximum atomic E-state index is 9.25. The molecule has 1 unspecified atom stereocenters. The van der Waals surface area contributed by atoms with Gasteiger partial charge in [-0.1, -0.05) is 6.92 Å². The third kappa shape index (κ3) is 3.55. The van der Waals surface area contributed by atoms with Gasteiger partial charge in [0, 0.05) is 17.0 Å². The standard InChI is InChI=1S/C11H18BrNOS/c1-4-11(3,7-14)13-6-9-5-8(2)10(12)15-9/h5,13-14H,4,6-7H2,1-3H3. The molecule has 4 heteroatoms. The van der Waals surface area contributed by atoms with Gasteiger partial charge in [0.2, 0.25) is 0 Å². The van der Waals surface area contributed by atoms with Crippen molar-refractivity contribution in [1.29, 1.82) is 0 Å². The van der Waals surface area contributed by atoms with Crippen molar-refractivity contribution in [2.24, 2.45) is 0 Å². The summed E-state index contributed by atoms with van der Waals surface area (Å²) in [5, 5.41) is 12.6. The summed E-state index contributed by atoms with van der Waals surface area (Å²) in [7, 11) is 0. The fourth-order valence-corrected chi connectivity index (χ4v) is 2.77. The average molecular weight is 292 g/mol. The zero-order valence-electron chi connectivity index (χ0n) is 9.43. The molecule has 0 fully saturated rings. The van der Waals surface area contributed by atoms with Gasteiger partial charge >= 0.3 is 0 Å². The fourth-order valence-electron chi connectivity index (χ4n) is 1.20. The van der Waals surface area contributed by atoms with Crippen LogP contribution in [0.5, 0.6) is 0 Å². The number of hydrogen-bond donors (Lipinski definition) is 2. The van der Waals surface area contributed by atoms with E-state index in [1.54, 1.807) is 11.3 Å². The van der Waals surface area contributed by atoms with E-state index in [1.165, 1.54) is 14.2 Å². The molecule has 0 aliphatic rings. The van der Waals surface area contributed by atoms with Crippen molar-refractivity contribution in [3.8, 4) is 0 Å². The lowest BCUT2D eigenvalue weighted by Gasteiger charge is -2.26. The summed E-state index contributed by atoms with van der Waals surface area (Å²) in [6, 6.07) is 2.18. The minimum Gasteiger partial charge on any atom is -0.394 e. The highest BCUT2D eigenvalue weighted by atomic mass is 79.9. The van der Waals surface area contributed by atoms with Crippen LogP contribution in [0, 0.1) is 6.92 Å². The average Bonchev–Trinajstić information content (AvgIpc) is 2.55. The Morgan fingerprint density at radius 2 is 2.27 bits per heavy atom. The molecule has 0 aliphatic carbocycles. The Bertz CT molecular complexity index is 301. The second-order valence-corrected chi connectivity index (χ2v) is 6.55. The van der Waals surface area contributed by atoms with E-state index in [4.69, 9.17) is 0 Å². The maximum Gasteiger partial charge on any atom is 0.0730 e. The van der Waals surface area contributed by atoms with Crippen molar-refractivity contribution in [3.05, 3.63) is 20.3 Å². The first-order valence-electron chi connectivity index (χ1n) is 5.11.